The fourth-order valence-electron chi connectivity index (χ4n) is 8.77. The van der Waals surface area contributed by atoms with Gasteiger partial charge in [0.05, 0.1) is 21.4 Å². The highest BCUT2D eigenvalue weighted by Crippen LogP contribution is 2.43. The molecule has 0 saturated carbocycles. The average Bonchev–Trinajstić information content (AvgIpc) is 3.83. The summed E-state index contributed by atoms with van der Waals surface area (Å²) < 4.78 is 4.90. The number of hydrogen-bond donors (Lipinski definition) is 0. The summed E-state index contributed by atoms with van der Waals surface area (Å²) in [6.07, 6.45) is 0. The van der Waals surface area contributed by atoms with E-state index in [4.69, 9.17) is 4.98 Å². The van der Waals surface area contributed by atoms with E-state index in [1.807, 2.05) is 11.3 Å². The Morgan fingerprint density at radius 1 is 0.352 bits per heavy atom. The molecule has 0 aliphatic rings. The van der Waals surface area contributed by atoms with Crippen LogP contribution in [0.4, 0.5) is 0 Å². The maximum Gasteiger partial charge on any atom is 0.156 e. The van der Waals surface area contributed by atoms with Gasteiger partial charge in [-0.1, -0.05) is 158 Å². The van der Waals surface area contributed by atoms with E-state index < -0.39 is 0 Å². The van der Waals surface area contributed by atoms with E-state index in [9.17, 15) is 0 Å². The van der Waals surface area contributed by atoms with Crippen LogP contribution in [0.2, 0.25) is 0 Å². The Labute approximate surface area is 314 Å². The predicted molar refractivity (Wildman–Crippen MR) is 232 cm³/mol. The Morgan fingerprint density at radius 3 is 1.57 bits per heavy atom. The molecular weight excluding hydrogens is 673 g/mol. The molecule has 0 atom stereocenters. The lowest BCUT2D eigenvalue weighted by Gasteiger charge is -2.12. The molecule has 3 aromatic heterocycles. The van der Waals surface area contributed by atoms with E-state index in [1.165, 1.54) is 91.1 Å². The molecule has 250 valence electrons. The molecule has 3 heterocycles. The molecular formula is C51H30N2S. The first-order chi connectivity index (χ1) is 26.8. The number of para-hydroxylation sites is 2. The molecule has 0 bridgehead atoms. The van der Waals surface area contributed by atoms with E-state index >= 15 is 0 Å². The first kappa shape index (κ1) is 29.7. The third-order valence-electron chi connectivity index (χ3n) is 11.4. The van der Waals surface area contributed by atoms with Crippen LogP contribution in [-0.4, -0.2) is 9.38 Å². The van der Waals surface area contributed by atoms with E-state index in [0.29, 0.717) is 0 Å². The molecule has 2 nitrogen and oxygen atoms in total. The molecule has 0 amide bonds. The van der Waals surface area contributed by atoms with Gasteiger partial charge in [-0.15, -0.1) is 11.3 Å². The number of aromatic nitrogens is 2. The normalized spacial score (nSPS) is 12.1. The van der Waals surface area contributed by atoms with Gasteiger partial charge in [0.1, 0.15) is 0 Å². The Balaban J connectivity index is 0.952. The van der Waals surface area contributed by atoms with Gasteiger partial charge in [-0.25, -0.2) is 4.98 Å². The maximum atomic E-state index is 5.22. The van der Waals surface area contributed by atoms with Crippen molar-refractivity contribution in [3.63, 3.8) is 0 Å². The van der Waals surface area contributed by atoms with Crippen molar-refractivity contribution >= 4 is 91.3 Å². The largest absolute Gasteiger partial charge is 0.291 e. The van der Waals surface area contributed by atoms with E-state index in [-0.39, 0.29) is 0 Å². The first-order valence-corrected chi connectivity index (χ1v) is 19.3. The lowest BCUT2D eigenvalue weighted by Crippen LogP contribution is -1.93. The van der Waals surface area contributed by atoms with Gasteiger partial charge in [-0.3, -0.25) is 4.40 Å². The van der Waals surface area contributed by atoms with Gasteiger partial charge in [0.2, 0.25) is 0 Å². The van der Waals surface area contributed by atoms with Gasteiger partial charge in [0.15, 0.2) is 5.65 Å². The minimum atomic E-state index is 1.01. The Hall–Kier alpha value is -6.81. The van der Waals surface area contributed by atoms with E-state index in [0.717, 1.165) is 22.4 Å². The second-order valence-corrected chi connectivity index (χ2v) is 15.3. The zero-order valence-corrected chi connectivity index (χ0v) is 29.9. The molecule has 0 aliphatic heterocycles. The number of imidazole rings is 1. The summed E-state index contributed by atoms with van der Waals surface area (Å²) in [5.74, 6) is 0. The molecule has 9 aromatic carbocycles. The maximum absolute atomic E-state index is 5.22. The zero-order chi connectivity index (χ0) is 35.3. The van der Waals surface area contributed by atoms with Crippen molar-refractivity contribution in [2.24, 2.45) is 0 Å². The highest BCUT2D eigenvalue weighted by molar-refractivity contribution is 7.27. The molecule has 0 spiro atoms. The number of hydrogen-bond acceptors (Lipinski definition) is 2. The number of pyridine rings is 1. The van der Waals surface area contributed by atoms with Gasteiger partial charge >= 0.3 is 0 Å². The van der Waals surface area contributed by atoms with Crippen molar-refractivity contribution < 1.29 is 0 Å². The number of rotatable bonds is 3. The van der Waals surface area contributed by atoms with Gasteiger partial charge < -0.3 is 0 Å². The minimum Gasteiger partial charge on any atom is -0.291 e. The fraction of sp³-hybridized carbons (Fsp3) is 0. The van der Waals surface area contributed by atoms with Crippen molar-refractivity contribution in [1.29, 1.82) is 0 Å². The van der Waals surface area contributed by atoms with Crippen molar-refractivity contribution in [2.75, 3.05) is 0 Å². The van der Waals surface area contributed by atoms with Crippen LogP contribution in [0.5, 0.6) is 0 Å². The Bertz CT molecular complexity index is 3440. The number of nitrogens with zero attached hydrogens (tertiary/aromatic N) is 2. The summed E-state index contributed by atoms with van der Waals surface area (Å²) in [6, 6.07) is 66.6. The summed E-state index contributed by atoms with van der Waals surface area (Å²) in [5, 5.41) is 12.9. The quantitative estimate of drug-likeness (QED) is 0.168. The van der Waals surface area contributed by atoms with Crippen LogP contribution in [0.15, 0.2) is 182 Å². The Kier molecular flexibility index (Phi) is 6.25. The Morgan fingerprint density at radius 2 is 0.870 bits per heavy atom. The summed E-state index contributed by atoms with van der Waals surface area (Å²) in [6.45, 7) is 0. The topological polar surface area (TPSA) is 17.3 Å². The van der Waals surface area contributed by atoms with Gasteiger partial charge in [0, 0.05) is 15.5 Å². The minimum absolute atomic E-state index is 1.01. The van der Waals surface area contributed by atoms with Gasteiger partial charge in [-0.2, -0.15) is 0 Å². The van der Waals surface area contributed by atoms with Crippen LogP contribution in [0.1, 0.15) is 0 Å². The van der Waals surface area contributed by atoms with E-state index in [2.05, 4.69) is 186 Å². The molecule has 0 unspecified atom stereocenters. The third kappa shape index (κ3) is 4.30. The smallest absolute Gasteiger partial charge is 0.156 e. The first-order valence-electron chi connectivity index (χ1n) is 18.5. The monoisotopic (exact) mass is 702 g/mol. The lowest BCUT2D eigenvalue weighted by molar-refractivity contribution is 1.25. The van der Waals surface area contributed by atoms with Crippen molar-refractivity contribution in [3.05, 3.63) is 182 Å². The third-order valence-corrected chi connectivity index (χ3v) is 12.6. The van der Waals surface area contributed by atoms with Gasteiger partial charge in [-0.05, 0) is 95.2 Å². The molecule has 3 heteroatoms. The lowest BCUT2D eigenvalue weighted by atomic mass is 9.92. The molecule has 54 heavy (non-hydrogen) atoms. The molecule has 12 rings (SSSR count). The second-order valence-electron chi connectivity index (χ2n) is 14.3. The van der Waals surface area contributed by atoms with Crippen molar-refractivity contribution in [1.82, 2.24) is 9.38 Å². The predicted octanol–water partition coefficient (Wildman–Crippen LogP) is 14.5. The van der Waals surface area contributed by atoms with Crippen LogP contribution in [0.3, 0.4) is 0 Å². The fourth-order valence-corrected chi connectivity index (χ4v) is 10.1. The van der Waals surface area contributed by atoms with Crippen LogP contribution in [0.25, 0.3) is 113 Å². The molecule has 0 fully saturated rings. The van der Waals surface area contributed by atoms with Gasteiger partial charge in [0.25, 0.3) is 0 Å². The summed E-state index contributed by atoms with van der Waals surface area (Å²) in [4.78, 5) is 5.22. The zero-order valence-electron chi connectivity index (χ0n) is 29.1. The highest BCUT2D eigenvalue weighted by atomic mass is 32.1. The second kappa shape index (κ2) is 11.3. The number of fused-ring (bicyclic) bond motifs is 15. The number of thiophene rings is 1. The molecule has 0 radical (unpaired) electrons. The van der Waals surface area contributed by atoms with Crippen LogP contribution in [-0.2, 0) is 0 Å². The van der Waals surface area contributed by atoms with Crippen molar-refractivity contribution in [3.8, 4) is 33.5 Å². The highest BCUT2D eigenvalue weighted by Gasteiger charge is 2.19. The van der Waals surface area contributed by atoms with E-state index in [1.54, 1.807) is 0 Å². The summed E-state index contributed by atoms with van der Waals surface area (Å²) in [7, 11) is 0. The van der Waals surface area contributed by atoms with Crippen LogP contribution in [0, 0.1) is 0 Å². The standard InChI is InChI=1S/C51H30N2S/c1-2-10-37-34(9-1)25-28-43-45-30-48(53-47-16-8-7-15-46(47)52-51(53)50(45)54-49(37)43)35-23-21-32(22-24-35)31-17-19-33(20-18-31)36-26-27-42-40-13-4-3-11-38(40)39-12-5-6-14-41(39)44(42)29-36/h1-30H. The average molecular weight is 703 g/mol. The summed E-state index contributed by atoms with van der Waals surface area (Å²) in [5.41, 5.74) is 10.3. The molecule has 12 aromatic rings. The number of benzene rings is 9. The SMILES string of the molecule is c1ccc2c(c1)ccc1c3cc(-c4ccc(-c5ccc(-c6ccc7c8ccccc8c8ccccc8c7c6)cc5)cc4)n4c5ccccc5nc4c3sc21. The van der Waals surface area contributed by atoms with Crippen molar-refractivity contribution in [2.45, 2.75) is 0 Å². The molecule has 0 saturated heterocycles. The molecule has 0 aliphatic carbocycles. The van der Waals surface area contributed by atoms with Crippen LogP contribution < -0.4 is 0 Å². The summed E-state index contributed by atoms with van der Waals surface area (Å²) >= 11 is 1.86. The molecule has 0 N–H and O–H groups in total. The van der Waals surface area contributed by atoms with Crippen LogP contribution >= 0.6 is 11.3 Å².